The van der Waals surface area contributed by atoms with E-state index in [4.69, 9.17) is 15.7 Å². The molecule has 1 heterocycles. The summed E-state index contributed by atoms with van der Waals surface area (Å²) in [5, 5.41) is 12.8. The Morgan fingerprint density at radius 3 is 2.89 bits per heavy atom. The molecule has 0 bridgehead atoms. The van der Waals surface area contributed by atoms with Gasteiger partial charge in [0.25, 0.3) is 5.56 Å². The number of rotatable bonds is 3. The molecule has 96 valence electrons. The Hall–Kier alpha value is -2.81. The normalized spacial score (nSPS) is 9.89. The molecule has 2 aromatic rings. The first kappa shape index (κ1) is 12.6. The fraction of sp³-hybridized carbons (Fsp3) is 0.154. The average molecular weight is 256 g/mol. The minimum Gasteiger partial charge on any atom is -0.496 e. The summed E-state index contributed by atoms with van der Waals surface area (Å²) in [5.74, 6) is 0.852. The number of aromatic nitrogens is 2. The molecule has 0 saturated heterocycles. The Kier molecular flexibility index (Phi) is 3.48. The molecule has 0 fully saturated rings. The summed E-state index contributed by atoms with van der Waals surface area (Å²) < 4.78 is 6.43. The van der Waals surface area contributed by atoms with Gasteiger partial charge in [0.1, 0.15) is 11.6 Å². The first-order chi connectivity index (χ1) is 9.13. The summed E-state index contributed by atoms with van der Waals surface area (Å²) in [6.07, 6.45) is 0. The molecule has 19 heavy (non-hydrogen) atoms. The van der Waals surface area contributed by atoms with Crippen LogP contribution in [0.1, 0.15) is 11.1 Å². The van der Waals surface area contributed by atoms with Crippen LogP contribution in [0.15, 0.2) is 35.1 Å². The number of benzene rings is 1. The van der Waals surface area contributed by atoms with Gasteiger partial charge in [0.2, 0.25) is 0 Å². The number of ether oxygens (including phenoxy) is 1. The molecule has 2 N–H and O–H groups in total. The average Bonchev–Trinajstić information content (AvgIpc) is 2.42. The molecule has 0 radical (unpaired) electrons. The van der Waals surface area contributed by atoms with E-state index in [1.807, 2.05) is 6.07 Å². The van der Waals surface area contributed by atoms with E-state index in [0.29, 0.717) is 16.9 Å². The predicted molar refractivity (Wildman–Crippen MR) is 69.7 cm³/mol. The number of nitrogens with zero attached hydrogens (tertiary/aromatic N) is 3. The number of nitrogens with two attached hydrogens (primary N) is 1. The zero-order valence-corrected chi connectivity index (χ0v) is 10.3. The number of hydrogen-bond donors (Lipinski definition) is 1. The molecule has 0 saturated carbocycles. The second kappa shape index (κ2) is 5.23. The number of nitriles is 1. The second-order valence-corrected chi connectivity index (χ2v) is 3.89. The van der Waals surface area contributed by atoms with Gasteiger partial charge in [-0.15, -0.1) is 0 Å². The highest BCUT2D eigenvalue weighted by Crippen LogP contribution is 2.20. The van der Waals surface area contributed by atoms with Crippen molar-refractivity contribution in [1.82, 2.24) is 9.78 Å². The van der Waals surface area contributed by atoms with Gasteiger partial charge in [0.05, 0.1) is 25.3 Å². The van der Waals surface area contributed by atoms with Crippen LogP contribution in [0.5, 0.6) is 5.75 Å². The van der Waals surface area contributed by atoms with Crippen molar-refractivity contribution in [1.29, 1.82) is 5.26 Å². The smallest absolute Gasteiger partial charge is 0.267 e. The Morgan fingerprint density at radius 1 is 1.42 bits per heavy atom. The number of methoxy groups -OCH3 is 1. The van der Waals surface area contributed by atoms with Crippen LogP contribution in [-0.2, 0) is 6.54 Å². The van der Waals surface area contributed by atoms with E-state index in [1.165, 1.54) is 23.9 Å². The molecule has 1 aromatic heterocycles. The molecule has 0 aliphatic heterocycles. The minimum absolute atomic E-state index is 0.197. The minimum atomic E-state index is -0.265. The summed E-state index contributed by atoms with van der Waals surface area (Å²) in [7, 11) is 1.53. The maximum absolute atomic E-state index is 11.7. The molecule has 0 aliphatic carbocycles. The molecule has 0 spiro atoms. The highest BCUT2D eigenvalue weighted by Gasteiger charge is 2.07. The topological polar surface area (TPSA) is 93.9 Å². The second-order valence-electron chi connectivity index (χ2n) is 3.89. The van der Waals surface area contributed by atoms with Crippen molar-refractivity contribution >= 4 is 5.82 Å². The summed E-state index contributed by atoms with van der Waals surface area (Å²) in [6.45, 7) is 0.197. The van der Waals surface area contributed by atoms with E-state index in [9.17, 15) is 4.79 Å². The number of hydrogen-bond acceptors (Lipinski definition) is 5. The Bertz CT molecular complexity index is 701. The van der Waals surface area contributed by atoms with Crippen molar-refractivity contribution < 1.29 is 4.74 Å². The molecule has 2 rings (SSSR count). The fourth-order valence-electron chi connectivity index (χ4n) is 1.71. The van der Waals surface area contributed by atoms with E-state index in [0.717, 1.165) is 0 Å². The van der Waals surface area contributed by atoms with Gasteiger partial charge in [-0.25, -0.2) is 4.68 Å². The van der Waals surface area contributed by atoms with Gasteiger partial charge in [-0.2, -0.15) is 10.4 Å². The van der Waals surface area contributed by atoms with Gasteiger partial charge < -0.3 is 10.5 Å². The maximum Gasteiger partial charge on any atom is 0.267 e. The lowest BCUT2D eigenvalue weighted by molar-refractivity contribution is 0.406. The maximum atomic E-state index is 11.7. The molecular weight excluding hydrogens is 244 g/mol. The van der Waals surface area contributed by atoms with Gasteiger partial charge >= 0.3 is 0 Å². The zero-order valence-electron chi connectivity index (χ0n) is 10.3. The van der Waals surface area contributed by atoms with E-state index in [2.05, 4.69) is 5.10 Å². The van der Waals surface area contributed by atoms with Crippen molar-refractivity contribution in [3.05, 3.63) is 51.8 Å². The SMILES string of the molecule is COc1ccc(C#N)cc1Cn1nc(N)ccc1=O. The first-order valence-electron chi connectivity index (χ1n) is 5.54. The highest BCUT2D eigenvalue weighted by molar-refractivity contribution is 5.42. The van der Waals surface area contributed by atoms with E-state index < -0.39 is 0 Å². The Balaban J connectivity index is 2.45. The third kappa shape index (κ3) is 2.72. The third-order valence-corrected chi connectivity index (χ3v) is 2.62. The Labute approximate surface area is 109 Å². The molecule has 1 aromatic carbocycles. The molecule has 0 amide bonds. The number of nitrogen functional groups attached to an aromatic ring is 1. The van der Waals surface area contributed by atoms with Gasteiger partial charge in [0.15, 0.2) is 0 Å². The van der Waals surface area contributed by atoms with Crippen molar-refractivity contribution in [2.75, 3.05) is 12.8 Å². The molecule has 6 heteroatoms. The van der Waals surface area contributed by atoms with Gasteiger partial charge in [0, 0.05) is 11.6 Å². The molecule has 0 aliphatic rings. The van der Waals surface area contributed by atoms with Crippen LogP contribution in [-0.4, -0.2) is 16.9 Å². The van der Waals surface area contributed by atoms with E-state index >= 15 is 0 Å². The third-order valence-electron chi connectivity index (χ3n) is 2.62. The van der Waals surface area contributed by atoms with Gasteiger partial charge in [-0.05, 0) is 24.3 Å². The van der Waals surface area contributed by atoms with Crippen molar-refractivity contribution in [2.45, 2.75) is 6.54 Å². The highest BCUT2D eigenvalue weighted by atomic mass is 16.5. The van der Waals surface area contributed by atoms with Crippen molar-refractivity contribution in [2.24, 2.45) is 0 Å². The summed E-state index contributed by atoms with van der Waals surface area (Å²) in [5.41, 5.74) is 6.48. The van der Waals surface area contributed by atoms with Crippen molar-refractivity contribution in [3.8, 4) is 11.8 Å². The summed E-state index contributed by atoms with van der Waals surface area (Å²) >= 11 is 0. The van der Waals surface area contributed by atoms with Crippen LogP contribution in [0.3, 0.4) is 0 Å². The molecule has 0 unspecified atom stereocenters. The first-order valence-corrected chi connectivity index (χ1v) is 5.54. The molecule has 0 atom stereocenters. The monoisotopic (exact) mass is 256 g/mol. The van der Waals surface area contributed by atoms with Crippen LogP contribution in [0.25, 0.3) is 0 Å². The lowest BCUT2D eigenvalue weighted by Gasteiger charge is -2.10. The number of anilines is 1. The lowest BCUT2D eigenvalue weighted by atomic mass is 10.1. The predicted octanol–water partition coefficient (Wildman–Crippen LogP) is 0.754. The van der Waals surface area contributed by atoms with Crippen LogP contribution in [0.2, 0.25) is 0 Å². The van der Waals surface area contributed by atoms with Gasteiger partial charge in [-0.3, -0.25) is 4.79 Å². The van der Waals surface area contributed by atoms with Crippen LogP contribution < -0.4 is 16.0 Å². The summed E-state index contributed by atoms with van der Waals surface area (Å²) in [4.78, 5) is 11.7. The summed E-state index contributed by atoms with van der Waals surface area (Å²) in [6, 6.07) is 9.84. The molecule has 6 nitrogen and oxygen atoms in total. The fourth-order valence-corrected chi connectivity index (χ4v) is 1.71. The Morgan fingerprint density at radius 2 is 2.21 bits per heavy atom. The lowest BCUT2D eigenvalue weighted by Crippen LogP contribution is -2.23. The quantitative estimate of drug-likeness (QED) is 0.874. The van der Waals surface area contributed by atoms with Crippen molar-refractivity contribution in [3.63, 3.8) is 0 Å². The van der Waals surface area contributed by atoms with Crippen LogP contribution in [0, 0.1) is 11.3 Å². The molecular formula is C13H12N4O2. The zero-order chi connectivity index (χ0) is 13.8. The largest absolute Gasteiger partial charge is 0.496 e. The van der Waals surface area contributed by atoms with E-state index in [-0.39, 0.29) is 17.9 Å². The van der Waals surface area contributed by atoms with Gasteiger partial charge in [-0.1, -0.05) is 0 Å². The van der Waals surface area contributed by atoms with Crippen LogP contribution in [0.4, 0.5) is 5.82 Å². The van der Waals surface area contributed by atoms with E-state index in [1.54, 1.807) is 18.2 Å². The van der Waals surface area contributed by atoms with Crippen LogP contribution >= 0.6 is 0 Å². The standard InChI is InChI=1S/C13H12N4O2/c1-19-11-3-2-9(7-14)6-10(11)8-17-13(18)5-4-12(15)16-17/h2-6H,8H2,1H3,(H2,15,16).